The fourth-order valence-corrected chi connectivity index (χ4v) is 3.84. The van der Waals surface area contributed by atoms with E-state index in [4.69, 9.17) is 23.7 Å². The van der Waals surface area contributed by atoms with Crippen molar-refractivity contribution in [1.29, 1.82) is 0 Å². The first-order valence-corrected chi connectivity index (χ1v) is 11.1. The van der Waals surface area contributed by atoms with E-state index in [1.54, 1.807) is 13.2 Å². The molecular weight excluding hydrogens is 454 g/mol. The number of carboxylic acid groups (broad SMARTS) is 1. The Bertz CT molecular complexity index is 1170. The van der Waals surface area contributed by atoms with Gasteiger partial charge in [0.05, 0.1) is 12.8 Å². The predicted molar refractivity (Wildman–Crippen MR) is 128 cm³/mol. The molecule has 3 N–H and O–H groups in total. The zero-order valence-electron chi connectivity index (χ0n) is 19.9. The highest BCUT2D eigenvalue weighted by molar-refractivity contribution is 5.98. The Labute approximate surface area is 203 Å². The number of benzene rings is 2. The lowest BCUT2D eigenvalue weighted by Gasteiger charge is -2.15. The minimum atomic E-state index is -1.17. The molecule has 10 heteroatoms. The third kappa shape index (κ3) is 6.03. The quantitative estimate of drug-likeness (QED) is 0.305. The van der Waals surface area contributed by atoms with Crippen LogP contribution in [0.5, 0.6) is 17.2 Å². The van der Waals surface area contributed by atoms with E-state index in [1.165, 1.54) is 38.7 Å². The monoisotopic (exact) mass is 483 g/mol. The van der Waals surface area contributed by atoms with Gasteiger partial charge in [-0.05, 0) is 36.0 Å². The highest BCUT2D eigenvalue weighted by atomic mass is 16.7. The normalized spacial score (nSPS) is 12.9. The summed E-state index contributed by atoms with van der Waals surface area (Å²) in [5.41, 5.74) is 3.44. The number of nitrogens with zero attached hydrogens (tertiary/aromatic N) is 1. The van der Waals surface area contributed by atoms with Crippen molar-refractivity contribution in [1.82, 2.24) is 10.2 Å². The van der Waals surface area contributed by atoms with Gasteiger partial charge in [0.15, 0.2) is 19.4 Å². The third-order valence-corrected chi connectivity index (χ3v) is 5.56. The minimum absolute atomic E-state index is 0.00711. The largest absolute Gasteiger partial charge is 0.496 e. The molecule has 0 unspecified atom stereocenters. The number of hydrogen-bond acceptors (Lipinski definition) is 8. The van der Waals surface area contributed by atoms with E-state index in [1.807, 2.05) is 18.2 Å². The minimum Gasteiger partial charge on any atom is -0.496 e. The van der Waals surface area contributed by atoms with Gasteiger partial charge < -0.3 is 34.1 Å². The van der Waals surface area contributed by atoms with Crippen LogP contribution in [0.4, 0.5) is 11.5 Å². The second-order valence-electron chi connectivity index (χ2n) is 8.18. The van der Waals surface area contributed by atoms with Crippen LogP contribution < -0.4 is 19.5 Å². The first-order chi connectivity index (χ1) is 17.0. The smallest absolute Gasteiger partial charge is 0.341 e. The molecule has 1 fully saturated rings. The van der Waals surface area contributed by atoms with Gasteiger partial charge in [0.2, 0.25) is 0 Å². The summed E-state index contributed by atoms with van der Waals surface area (Å²) in [6, 6.07) is 11.1. The number of aromatic carboxylic acids is 1. The summed E-state index contributed by atoms with van der Waals surface area (Å²) in [6.45, 7) is -0.127. The molecule has 1 aliphatic carbocycles. The van der Waals surface area contributed by atoms with Gasteiger partial charge in [-0.3, -0.25) is 5.10 Å². The number of aromatic nitrogens is 2. The van der Waals surface area contributed by atoms with Crippen molar-refractivity contribution < 1.29 is 33.6 Å². The molecule has 1 heterocycles. The van der Waals surface area contributed by atoms with Crippen molar-refractivity contribution in [3.63, 3.8) is 0 Å². The summed E-state index contributed by atoms with van der Waals surface area (Å²) in [6.07, 6.45) is 3.02. The van der Waals surface area contributed by atoms with Gasteiger partial charge in [0.1, 0.15) is 22.8 Å². The predicted octanol–water partition coefficient (Wildman–Crippen LogP) is 4.29. The SMILES string of the molecule is COCOc1cc(Nc2cc(Cc3ccc(OC)c(C4CC4)c3)[nH]n2)c(C(=O)O)c(OCOC)c1. The van der Waals surface area contributed by atoms with Crippen LogP contribution >= 0.6 is 0 Å². The van der Waals surface area contributed by atoms with Crippen LogP contribution in [0.1, 0.15) is 45.9 Å². The van der Waals surface area contributed by atoms with Crippen LogP contribution in [0, 0.1) is 0 Å². The van der Waals surface area contributed by atoms with Crippen LogP contribution in [0.3, 0.4) is 0 Å². The number of carboxylic acids is 1. The van der Waals surface area contributed by atoms with Crippen LogP contribution in [0.25, 0.3) is 0 Å². The molecule has 0 atom stereocenters. The van der Waals surface area contributed by atoms with Gasteiger partial charge in [-0.1, -0.05) is 12.1 Å². The van der Waals surface area contributed by atoms with Crippen LogP contribution in [-0.2, 0) is 15.9 Å². The fraction of sp³-hybridized carbons (Fsp3) is 0.360. The molecule has 1 aliphatic rings. The molecule has 0 spiro atoms. The van der Waals surface area contributed by atoms with Crippen molar-refractivity contribution in [2.24, 2.45) is 0 Å². The van der Waals surface area contributed by atoms with Gasteiger partial charge >= 0.3 is 5.97 Å². The first-order valence-electron chi connectivity index (χ1n) is 11.1. The first kappa shape index (κ1) is 24.4. The molecule has 3 aromatic rings. The maximum absolute atomic E-state index is 12.0. The van der Waals surface area contributed by atoms with E-state index in [2.05, 4.69) is 21.6 Å². The number of nitrogens with one attached hydrogen (secondary N) is 2. The molecule has 4 rings (SSSR count). The lowest BCUT2D eigenvalue weighted by molar-refractivity contribution is 0.0447. The molecule has 0 amide bonds. The summed E-state index contributed by atoms with van der Waals surface area (Å²) in [5.74, 6) is 1.24. The van der Waals surface area contributed by atoms with E-state index in [0.717, 1.165) is 17.0 Å². The second-order valence-corrected chi connectivity index (χ2v) is 8.18. The summed E-state index contributed by atoms with van der Waals surface area (Å²) in [7, 11) is 4.64. The van der Waals surface area contributed by atoms with Gasteiger partial charge in [-0.25, -0.2) is 4.79 Å². The number of H-pyrrole nitrogens is 1. The summed E-state index contributed by atoms with van der Waals surface area (Å²) >= 11 is 0. The van der Waals surface area contributed by atoms with Gasteiger partial charge in [-0.2, -0.15) is 5.10 Å². The number of carbonyl (C=O) groups is 1. The van der Waals surface area contributed by atoms with Crippen LogP contribution in [-0.4, -0.2) is 56.2 Å². The van der Waals surface area contributed by atoms with Gasteiger partial charge in [0, 0.05) is 44.5 Å². The molecule has 0 radical (unpaired) electrons. The Hall–Kier alpha value is -3.76. The van der Waals surface area contributed by atoms with Crippen molar-refractivity contribution in [2.75, 3.05) is 40.2 Å². The van der Waals surface area contributed by atoms with E-state index < -0.39 is 5.97 Å². The fourth-order valence-electron chi connectivity index (χ4n) is 3.84. The molecular formula is C25H29N3O7. The van der Waals surface area contributed by atoms with E-state index in [0.29, 0.717) is 23.9 Å². The number of ether oxygens (including phenoxy) is 5. The molecule has 0 saturated heterocycles. The Kier molecular flexibility index (Phi) is 7.74. The number of methoxy groups -OCH3 is 3. The topological polar surface area (TPSA) is 124 Å². The zero-order chi connectivity index (χ0) is 24.8. The Morgan fingerprint density at radius 2 is 1.83 bits per heavy atom. The Morgan fingerprint density at radius 1 is 1.06 bits per heavy atom. The van der Waals surface area contributed by atoms with Gasteiger partial charge in [0.25, 0.3) is 0 Å². The Morgan fingerprint density at radius 3 is 2.51 bits per heavy atom. The standard InChI is InChI=1S/C25H29N3O7/c1-31-13-34-18-11-20(24(25(29)30)22(12-18)35-14-32-2)26-23-10-17(27-28-23)8-15-4-7-21(33-3)19(9-15)16-5-6-16/h4,7,9-12,16H,5-6,8,13-14H2,1-3H3,(H,29,30)(H2,26,27,28). The van der Waals surface area contributed by atoms with E-state index in [-0.39, 0.29) is 30.6 Å². The van der Waals surface area contributed by atoms with Crippen molar-refractivity contribution in [2.45, 2.75) is 25.2 Å². The Balaban J connectivity index is 1.57. The molecule has 186 valence electrons. The molecule has 1 aromatic heterocycles. The van der Waals surface area contributed by atoms with E-state index >= 15 is 0 Å². The number of hydrogen-bond donors (Lipinski definition) is 3. The highest BCUT2D eigenvalue weighted by Crippen LogP contribution is 2.44. The summed E-state index contributed by atoms with van der Waals surface area (Å²) in [4.78, 5) is 12.0. The molecule has 10 nitrogen and oxygen atoms in total. The lowest BCUT2D eigenvalue weighted by Crippen LogP contribution is -2.10. The van der Waals surface area contributed by atoms with E-state index in [9.17, 15) is 9.90 Å². The third-order valence-electron chi connectivity index (χ3n) is 5.56. The van der Waals surface area contributed by atoms with Gasteiger partial charge in [-0.15, -0.1) is 0 Å². The number of rotatable bonds is 13. The average Bonchev–Trinajstić information content (AvgIpc) is 3.61. The number of aromatic amines is 1. The summed E-state index contributed by atoms with van der Waals surface area (Å²) < 4.78 is 26.4. The second kappa shape index (κ2) is 11.1. The average molecular weight is 484 g/mol. The van der Waals surface area contributed by atoms with Crippen molar-refractivity contribution >= 4 is 17.5 Å². The molecule has 0 bridgehead atoms. The van der Waals surface area contributed by atoms with Crippen molar-refractivity contribution in [3.8, 4) is 17.2 Å². The zero-order valence-corrected chi connectivity index (χ0v) is 19.9. The molecule has 1 saturated carbocycles. The maximum Gasteiger partial charge on any atom is 0.341 e. The maximum atomic E-state index is 12.0. The lowest BCUT2D eigenvalue weighted by atomic mass is 10.0. The van der Waals surface area contributed by atoms with Crippen LogP contribution in [0.15, 0.2) is 36.4 Å². The number of anilines is 2. The highest BCUT2D eigenvalue weighted by Gasteiger charge is 2.27. The molecule has 2 aromatic carbocycles. The molecule has 0 aliphatic heterocycles. The summed E-state index contributed by atoms with van der Waals surface area (Å²) in [5, 5.41) is 20.2. The van der Waals surface area contributed by atoms with Crippen LogP contribution in [0.2, 0.25) is 0 Å². The molecule has 35 heavy (non-hydrogen) atoms. The van der Waals surface area contributed by atoms with Crippen molar-refractivity contribution in [3.05, 3.63) is 58.8 Å².